The average molecular weight is 400 g/mol. The summed E-state index contributed by atoms with van der Waals surface area (Å²) in [6.07, 6.45) is -2.82. The molecule has 0 aliphatic rings. The molecule has 9 heteroatoms. The van der Waals surface area contributed by atoms with Gasteiger partial charge in [0.2, 0.25) is 5.88 Å². The van der Waals surface area contributed by atoms with Gasteiger partial charge in [-0.3, -0.25) is 4.79 Å². The van der Waals surface area contributed by atoms with Crippen molar-refractivity contribution in [3.8, 4) is 17.7 Å². The highest BCUT2D eigenvalue weighted by Gasteiger charge is 2.30. The number of hydrogen-bond acceptors (Lipinski definition) is 5. The van der Waals surface area contributed by atoms with Crippen LogP contribution in [0, 0.1) is 11.3 Å². The second kappa shape index (κ2) is 8.56. The van der Waals surface area contributed by atoms with Crippen LogP contribution in [0.15, 0.2) is 48.7 Å². The molecule has 3 rings (SSSR count). The zero-order valence-corrected chi connectivity index (χ0v) is 15.0. The lowest BCUT2D eigenvalue weighted by molar-refractivity contribution is -0.137. The van der Waals surface area contributed by atoms with Crippen LogP contribution in [0.5, 0.6) is 11.6 Å². The first-order valence-corrected chi connectivity index (χ1v) is 8.64. The van der Waals surface area contributed by atoms with Crippen LogP contribution >= 0.6 is 0 Å². The number of benzene rings is 1. The van der Waals surface area contributed by atoms with E-state index in [1.165, 1.54) is 0 Å². The minimum absolute atomic E-state index is 0.0266. The number of nitriles is 1. The number of nitrogens with zero attached hydrogens (tertiary/aromatic N) is 3. The molecule has 0 aliphatic heterocycles. The number of nitrogens with one attached hydrogen (secondary N) is 1. The van der Waals surface area contributed by atoms with Gasteiger partial charge in [-0.1, -0.05) is 6.07 Å². The van der Waals surface area contributed by atoms with Gasteiger partial charge in [0.25, 0.3) is 5.91 Å². The Bertz CT molecular complexity index is 1060. The van der Waals surface area contributed by atoms with Gasteiger partial charge in [0.1, 0.15) is 11.4 Å². The van der Waals surface area contributed by atoms with Crippen LogP contribution in [-0.2, 0) is 6.18 Å². The van der Waals surface area contributed by atoms with E-state index in [9.17, 15) is 18.0 Å². The molecule has 6 nitrogen and oxygen atoms in total. The van der Waals surface area contributed by atoms with Crippen LogP contribution in [-0.4, -0.2) is 22.4 Å². The van der Waals surface area contributed by atoms with Crippen molar-refractivity contribution in [2.45, 2.75) is 19.0 Å². The predicted molar refractivity (Wildman–Crippen MR) is 98.2 cm³/mol. The van der Waals surface area contributed by atoms with Gasteiger partial charge < -0.3 is 10.1 Å². The quantitative estimate of drug-likeness (QED) is 0.617. The monoisotopic (exact) mass is 400 g/mol. The number of alkyl halides is 3. The van der Waals surface area contributed by atoms with Gasteiger partial charge in [-0.25, -0.2) is 9.97 Å². The molecule has 2 aromatic heterocycles. The number of rotatable bonds is 6. The van der Waals surface area contributed by atoms with E-state index in [4.69, 9.17) is 10.00 Å². The number of halogens is 3. The lowest BCUT2D eigenvalue weighted by Gasteiger charge is -2.09. The number of pyridine rings is 2. The molecule has 0 saturated carbocycles. The summed E-state index contributed by atoms with van der Waals surface area (Å²) in [5.41, 5.74) is -0.0547. The van der Waals surface area contributed by atoms with Crippen molar-refractivity contribution in [1.29, 1.82) is 5.26 Å². The highest BCUT2D eigenvalue weighted by atomic mass is 19.4. The number of amides is 1. The highest BCUT2D eigenvalue weighted by Crippen LogP contribution is 2.30. The summed E-state index contributed by atoms with van der Waals surface area (Å²) in [6, 6.07) is 12.2. The third-order valence-electron chi connectivity index (χ3n) is 3.93. The maximum absolute atomic E-state index is 12.6. The molecule has 0 radical (unpaired) electrons. The molecule has 3 aromatic rings. The summed E-state index contributed by atoms with van der Waals surface area (Å²) in [5.74, 6) is 0.0676. The maximum Gasteiger partial charge on any atom is 0.417 e. The Morgan fingerprint density at radius 3 is 2.69 bits per heavy atom. The van der Waals surface area contributed by atoms with E-state index >= 15 is 0 Å². The number of unbranched alkanes of at least 4 members (excludes halogenated alkanes) is 1. The van der Waals surface area contributed by atoms with Crippen molar-refractivity contribution < 1.29 is 22.7 Å². The van der Waals surface area contributed by atoms with E-state index in [0.717, 1.165) is 12.1 Å². The first kappa shape index (κ1) is 20.1. The van der Waals surface area contributed by atoms with Crippen molar-refractivity contribution >= 4 is 16.8 Å². The van der Waals surface area contributed by atoms with Crippen molar-refractivity contribution in [2.24, 2.45) is 0 Å². The lowest BCUT2D eigenvalue weighted by atomic mass is 10.2. The number of fused-ring (bicyclic) bond motifs is 1. The Kier molecular flexibility index (Phi) is 5.93. The van der Waals surface area contributed by atoms with Gasteiger partial charge >= 0.3 is 6.18 Å². The summed E-state index contributed by atoms with van der Waals surface area (Å²) in [4.78, 5) is 20.0. The van der Waals surface area contributed by atoms with E-state index in [1.807, 2.05) is 6.07 Å². The molecule has 1 aromatic carbocycles. The van der Waals surface area contributed by atoms with Gasteiger partial charge in [0, 0.05) is 30.6 Å². The molecule has 1 amide bonds. The number of carbonyl (C=O) groups excluding carboxylic acids is 1. The number of aromatic nitrogens is 2. The largest absolute Gasteiger partial charge is 0.439 e. The molecule has 1 N–H and O–H groups in total. The summed E-state index contributed by atoms with van der Waals surface area (Å²) in [7, 11) is 0. The predicted octanol–water partition coefficient (Wildman–Crippen LogP) is 4.47. The van der Waals surface area contributed by atoms with Gasteiger partial charge in [-0.05, 0) is 36.8 Å². The van der Waals surface area contributed by atoms with Crippen molar-refractivity contribution in [1.82, 2.24) is 15.3 Å². The van der Waals surface area contributed by atoms with E-state index < -0.39 is 11.7 Å². The fraction of sp³-hybridized carbons (Fsp3) is 0.200. The Morgan fingerprint density at radius 1 is 1.17 bits per heavy atom. The first-order chi connectivity index (χ1) is 13.9. The molecular formula is C20H15F3N4O2. The summed E-state index contributed by atoms with van der Waals surface area (Å²) in [6.45, 7) is 0.388. The van der Waals surface area contributed by atoms with E-state index in [0.29, 0.717) is 42.2 Å². The smallest absolute Gasteiger partial charge is 0.417 e. The van der Waals surface area contributed by atoms with Gasteiger partial charge in [-0.2, -0.15) is 18.4 Å². The topological polar surface area (TPSA) is 87.9 Å². The molecule has 29 heavy (non-hydrogen) atoms. The number of carbonyl (C=O) groups is 1. The zero-order valence-electron chi connectivity index (χ0n) is 15.0. The normalized spacial score (nSPS) is 11.1. The van der Waals surface area contributed by atoms with Crippen LogP contribution in [0.2, 0.25) is 0 Å². The minimum atomic E-state index is -4.46. The Hall–Kier alpha value is -3.67. The van der Waals surface area contributed by atoms with Crippen LogP contribution in [0.4, 0.5) is 13.2 Å². The van der Waals surface area contributed by atoms with Crippen LogP contribution in [0.1, 0.15) is 28.9 Å². The summed E-state index contributed by atoms with van der Waals surface area (Å²) < 4.78 is 43.2. The Morgan fingerprint density at radius 2 is 2.00 bits per heavy atom. The standard InChI is InChI=1S/C20H15F3N4O2/c21-20(22,23)14-4-8-18(26-12-14)29-15-5-7-16-13(11-15)3-6-17(27-16)19(28)25-10-2-1-9-24/h3-8,11-12H,1-2,10H2,(H,25,28). The SMILES string of the molecule is N#CCCCNC(=O)c1ccc2cc(Oc3ccc(C(F)(F)F)cn3)ccc2n1. The first-order valence-electron chi connectivity index (χ1n) is 8.64. The molecule has 148 valence electrons. The number of ether oxygens (including phenoxy) is 1. The van der Waals surface area contributed by atoms with Gasteiger partial charge in [-0.15, -0.1) is 0 Å². The van der Waals surface area contributed by atoms with E-state index in [1.54, 1.807) is 30.3 Å². The highest BCUT2D eigenvalue weighted by molar-refractivity contribution is 5.95. The minimum Gasteiger partial charge on any atom is -0.439 e. The van der Waals surface area contributed by atoms with Crippen molar-refractivity contribution in [3.05, 3.63) is 59.9 Å². The Balaban J connectivity index is 1.70. The Labute approximate surface area is 164 Å². The second-order valence-corrected chi connectivity index (χ2v) is 6.05. The molecular weight excluding hydrogens is 385 g/mol. The lowest BCUT2D eigenvalue weighted by Crippen LogP contribution is -2.25. The third-order valence-corrected chi connectivity index (χ3v) is 3.93. The van der Waals surface area contributed by atoms with Crippen LogP contribution < -0.4 is 10.1 Å². The van der Waals surface area contributed by atoms with Crippen molar-refractivity contribution in [2.75, 3.05) is 6.54 Å². The second-order valence-electron chi connectivity index (χ2n) is 6.05. The molecule has 0 fully saturated rings. The summed E-state index contributed by atoms with van der Waals surface area (Å²) in [5, 5.41) is 11.9. The molecule has 0 spiro atoms. The molecule has 0 bridgehead atoms. The van der Waals surface area contributed by atoms with Gasteiger partial charge in [0.05, 0.1) is 17.1 Å². The van der Waals surface area contributed by atoms with Crippen LogP contribution in [0.3, 0.4) is 0 Å². The van der Waals surface area contributed by atoms with E-state index in [-0.39, 0.29) is 17.5 Å². The zero-order chi connectivity index (χ0) is 20.9. The molecule has 2 heterocycles. The molecule has 0 atom stereocenters. The summed E-state index contributed by atoms with van der Waals surface area (Å²) >= 11 is 0. The fourth-order valence-electron chi connectivity index (χ4n) is 2.48. The molecule has 0 saturated heterocycles. The third kappa shape index (κ3) is 5.19. The van der Waals surface area contributed by atoms with Crippen LogP contribution in [0.25, 0.3) is 10.9 Å². The van der Waals surface area contributed by atoms with Gasteiger partial charge in [0.15, 0.2) is 0 Å². The molecule has 0 unspecified atom stereocenters. The maximum atomic E-state index is 12.6. The van der Waals surface area contributed by atoms with Crippen molar-refractivity contribution in [3.63, 3.8) is 0 Å². The molecule has 0 aliphatic carbocycles. The van der Waals surface area contributed by atoms with E-state index in [2.05, 4.69) is 15.3 Å². The fourth-order valence-corrected chi connectivity index (χ4v) is 2.48. The average Bonchev–Trinajstić information content (AvgIpc) is 2.70. The number of hydrogen-bond donors (Lipinski definition) is 1.